The average molecular weight is 331 g/mol. The van der Waals surface area contributed by atoms with Crippen LogP contribution in [0.15, 0.2) is 30.3 Å². The van der Waals surface area contributed by atoms with Gasteiger partial charge in [0.05, 0.1) is 0 Å². The molecule has 2 heterocycles. The smallest absolute Gasteiger partial charge is 0.321 e. The third-order valence-corrected chi connectivity index (χ3v) is 4.56. The number of hydrogen-bond acceptors (Lipinski definition) is 4. The largest absolute Gasteiger partial charge is 0.352 e. The van der Waals surface area contributed by atoms with E-state index in [9.17, 15) is 9.59 Å². The number of piperidine rings is 1. The summed E-state index contributed by atoms with van der Waals surface area (Å²) >= 11 is 0. The first-order valence-electron chi connectivity index (χ1n) is 8.54. The number of hydrogen-bond donors (Lipinski definition) is 4. The lowest BCUT2D eigenvalue weighted by Gasteiger charge is -2.32. The average Bonchev–Trinajstić information content (AvgIpc) is 3.03. The maximum absolute atomic E-state index is 12.3. The molecule has 24 heavy (non-hydrogen) atoms. The van der Waals surface area contributed by atoms with E-state index in [0.29, 0.717) is 19.1 Å². The van der Waals surface area contributed by atoms with Crippen molar-refractivity contribution < 1.29 is 9.59 Å². The zero-order valence-corrected chi connectivity index (χ0v) is 13.9. The summed E-state index contributed by atoms with van der Waals surface area (Å²) in [4.78, 5) is 26.3. The van der Waals surface area contributed by atoms with Gasteiger partial charge in [-0.2, -0.15) is 0 Å². The van der Waals surface area contributed by atoms with Crippen LogP contribution in [-0.4, -0.2) is 48.1 Å². The van der Waals surface area contributed by atoms with Crippen LogP contribution in [-0.2, 0) is 4.79 Å². The zero-order valence-electron chi connectivity index (χ0n) is 13.9. The Balaban J connectivity index is 1.42. The molecule has 0 bridgehead atoms. The molecular formula is C17H25N5O2. The third kappa shape index (κ3) is 4.24. The van der Waals surface area contributed by atoms with Gasteiger partial charge in [0.25, 0.3) is 0 Å². The summed E-state index contributed by atoms with van der Waals surface area (Å²) in [7, 11) is 0. The van der Waals surface area contributed by atoms with Gasteiger partial charge in [0.15, 0.2) is 0 Å². The van der Waals surface area contributed by atoms with Crippen LogP contribution in [0.4, 0.5) is 10.5 Å². The van der Waals surface area contributed by atoms with Crippen LogP contribution in [0.1, 0.15) is 26.2 Å². The number of likely N-dealkylation sites (tertiary alicyclic amines) is 1. The van der Waals surface area contributed by atoms with Gasteiger partial charge in [-0.15, -0.1) is 0 Å². The van der Waals surface area contributed by atoms with E-state index in [-0.39, 0.29) is 24.0 Å². The fourth-order valence-electron chi connectivity index (χ4n) is 3.14. The fraction of sp³-hybridized carbons (Fsp3) is 0.529. The highest BCUT2D eigenvalue weighted by Gasteiger charge is 2.30. The molecule has 0 saturated carbocycles. The molecule has 7 nitrogen and oxygen atoms in total. The number of carbonyl (C=O) groups is 2. The van der Waals surface area contributed by atoms with E-state index in [2.05, 4.69) is 21.5 Å². The molecule has 0 radical (unpaired) electrons. The first-order valence-corrected chi connectivity index (χ1v) is 8.54. The monoisotopic (exact) mass is 331 g/mol. The Labute approximate surface area is 142 Å². The van der Waals surface area contributed by atoms with E-state index in [1.54, 1.807) is 4.90 Å². The molecule has 0 aromatic heterocycles. The van der Waals surface area contributed by atoms with Crippen molar-refractivity contribution >= 4 is 17.6 Å². The minimum Gasteiger partial charge on any atom is -0.352 e. The predicted molar refractivity (Wildman–Crippen MR) is 92.3 cm³/mol. The van der Waals surface area contributed by atoms with Crippen molar-refractivity contribution in [1.82, 2.24) is 21.1 Å². The first kappa shape index (κ1) is 16.7. The second-order valence-electron chi connectivity index (χ2n) is 6.54. The molecule has 2 fully saturated rings. The summed E-state index contributed by atoms with van der Waals surface area (Å²) in [5, 5.41) is 5.99. The molecule has 4 N–H and O–H groups in total. The van der Waals surface area contributed by atoms with Crippen molar-refractivity contribution in [2.75, 3.05) is 18.4 Å². The molecule has 130 valence electrons. The van der Waals surface area contributed by atoms with Crippen LogP contribution in [0.2, 0.25) is 0 Å². The van der Waals surface area contributed by atoms with Gasteiger partial charge >= 0.3 is 6.03 Å². The molecule has 0 spiro atoms. The molecule has 1 aromatic rings. The minimum atomic E-state index is -0.167. The number of benzene rings is 1. The number of rotatable bonds is 3. The molecule has 2 aliphatic heterocycles. The summed E-state index contributed by atoms with van der Waals surface area (Å²) < 4.78 is 0. The molecule has 7 heteroatoms. The van der Waals surface area contributed by atoms with Crippen molar-refractivity contribution in [2.24, 2.45) is 0 Å². The van der Waals surface area contributed by atoms with Gasteiger partial charge in [-0.3, -0.25) is 10.2 Å². The topological polar surface area (TPSA) is 85.5 Å². The summed E-state index contributed by atoms with van der Waals surface area (Å²) in [6.07, 6.45) is 2.36. The lowest BCUT2D eigenvalue weighted by molar-refractivity contribution is -0.123. The number of urea groups is 1. The maximum atomic E-state index is 12.3. The number of carbonyl (C=O) groups excluding carboxylic acids is 2. The summed E-state index contributed by atoms with van der Waals surface area (Å²) in [5.41, 5.74) is 6.87. The summed E-state index contributed by atoms with van der Waals surface area (Å²) in [5.74, 6) is 0.0408. The molecule has 2 unspecified atom stereocenters. The minimum absolute atomic E-state index is 0.0408. The van der Waals surface area contributed by atoms with Crippen LogP contribution in [0.5, 0.6) is 0 Å². The number of nitrogens with zero attached hydrogens (tertiary/aromatic N) is 1. The predicted octanol–water partition coefficient (Wildman–Crippen LogP) is 1.05. The lowest BCUT2D eigenvalue weighted by Crippen LogP contribution is -2.51. The lowest BCUT2D eigenvalue weighted by atomic mass is 10.0. The van der Waals surface area contributed by atoms with Crippen molar-refractivity contribution in [3.05, 3.63) is 30.3 Å². The van der Waals surface area contributed by atoms with E-state index in [1.807, 2.05) is 37.3 Å². The highest BCUT2D eigenvalue weighted by atomic mass is 16.2. The highest BCUT2D eigenvalue weighted by Crippen LogP contribution is 2.14. The van der Waals surface area contributed by atoms with Crippen molar-refractivity contribution in [2.45, 2.75) is 44.3 Å². The SMILES string of the molecule is CC1CC(C(=O)NC2CCN(C(=O)Nc3ccccc3)CC2)NN1. The molecule has 2 saturated heterocycles. The van der Waals surface area contributed by atoms with Gasteiger partial charge in [-0.25, -0.2) is 10.2 Å². The third-order valence-electron chi connectivity index (χ3n) is 4.56. The summed E-state index contributed by atoms with van der Waals surface area (Å²) in [6, 6.07) is 9.64. The van der Waals surface area contributed by atoms with Gasteiger partial charge in [-0.05, 0) is 38.3 Å². The van der Waals surface area contributed by atoms with Gasteiger partial charge in [0.2, 0.25) is 5.91 Å². The fourth-order valence-corrected chi connectivity index (χ4v) is 3.14. The van der Waals surface area contributed by atoms with E-state index in [0.717, 1.165) is 24.9 Å². The Morgan fingerprint density at radius 1 is 1.12 bits per heavy atom. The van der Waals surface area contributed by atoms with Crippen LogP contribution in [0.25, 0.3) is 0 Å². The Morgan fingerprint density at radius 2 is 1.83 bits per heavy atom. The quantitative estimate of drug-likeness (QED) is 0.667. The Kier molecular flexibility index (Phi) is 5.32. The molecular weight excluding hydrogens is 306 g/mol. The van der Waals surface area contributed by atoms with Gasteiger partial charge in [0, 0.05) is 30.9 Å². The van der Waals surface area contributed by atoms with Gasteiger partial charge < -0.3 is 15.5 Å². The normalized spacial score (nSPS) is 24.6. The maximum Gasteiger partial charge on any atom is 0.321 e. The van der Waals surface area contributed by atoms with Crippen molar-refractivity contribution in [3.63, 3.8) is 0 Å². The number of para-hydroxylation sites is 1. The van der Waals surface area contributed by atoms with Crippen molar-refractivity contribution in [3.8, 4) is 0 Å². The van der Waals surface area contributed by atoms with Gasteiger partial charge in [-0.1, -0.05) is 18.2 Å². The molecule has 3 rings (SSSR count). The number of anilines is 1. The van der Waals surface area contributed by atoms with Crippen LogP contribution < -0.4 is 21.5 Å². The van der Waals surface area contributed by atoms with E-state index in [1.165, 1.54) is 0 Å². The van der Waals surface area contributed by atoms with Crippen LogP contribution >= 0.6 is 0 Å². The van der Waals surface area contributed by atoms with E-state index < -0.39 is 0 Å². The Bertz CT molecular complexity index is 572. The molecule has 2 aliphatic rings. The Morgan fingerprint density at radius 3 is 2.46 bits per heavy atom. The van der Waals surface area contributed by atoms with Gasteiger partial charge in [0.1, 0.15) is 6.04 Å². The molecule has 2 atom stereocenters. The van der Waals surface area contributed by atoms with Crippen LogP contribution in [0, 0.1) is 0 Å². The number of hydrazine groups is 1. The standard InChI is InChI=1S/C17H25N5O2/c1-12-11-15(21-20-12)16(23)18-14-7-9-22(10-8-14)17(24)19-13-5-3-2-4-6-13/h2-6,12,14-15,20-21H,7-11H2,1H3,(H,18,23)(H,19,24). The number of nitrogens with one attached hydrogen (secondary N) is 4. The van der Waals surface area contributed by atoms with E-state index in [4.69, 9.17) is 0 Å². The number of amides is 3. The van der Waals surface area contributed by atoms with Crippen molar-refractivity contribution in [1.29, 1.82) is 0 Å². The zero-order chi connectivity index (χ0) is 16.9. The molecule has 1 aromatic carbocycles. The Hall–Kier alpha value is -2.12. The second kappa shape index (κ2) is 7.63. The van der Waals surface area contributed by atoms with Crippen LogP contribution in [0.3, 0.4) is 0 Å². The second-order valence-corrected chi connectivity index (χ2v) is 6.54. The first-order chi connectivity index (χ1) is 11.6. The molecule has 0 aliphatic carbocycles. The van der Waals surface area contributed by atoms with E-state index >= 15 is 0 Å². The highest BCUT2D eigenvalue weighted by molar-refractivity contribution is 5.89. The summed E-state index contributed by atoms with van der Waals surface area (Å²) in [6.45, 7) is 3.34. The molecule has 3 amide bonds.